The van der Waals surface area contributed by atoms with E-state index in [4.69, 9.17) is 6.57 Å². The maximum atomic E-state index is 6.75. The Balaban J connectivity index is 0.000000182. The van der Waals surface area contributed by atoms with E-state index in [2.05, 4.69) is 103 Å². The predicted octanol–water partition coefficient (Wildman–Crippen LogP) is 7.67. The molecule has 0 aliphatic heterocycles. The van der Waals surface area contributed by atoms with E-state index in [1.807, 2.05) is 36.4 Å². The number of nitrogens with one attached hydrogen (secondary N) is 1. The molecule has 5 nitrogen and oxygen atoms in total. The molecule has 4 rings (SSSR count). The highest BCUT2D eigenvalue weighted by Gasteiger charge is 2.01. The smallest absolute Gasteiger partial charge is 0.204 e. The molecule has 5 heteroatoms. The lowest BCUT2D eigenvalue weighted by molar-refractivity contribution is 0.647. The quantitative estimate of drug-likeness (QED) is 0.315. The van der Waals surface area contributed by atoms with E-state index in [0.717, 1.165) is 23.6 Å². The Morgan fingerprint density at radius 1 is 0.824 bits per heavy atom. The molecule has 3 aromatic carbocycles. The predicted molar refractivity (Wildman–Crippen MR) is 141 cm³/mol. The molecule has 0 radical (unpaired) electrons. The average Bonchev–Trinajstić information content (AvgIpc) is 3.40. The minimum atomic E-state index is 0.551. The number of hydrogen-bond acceptors (Lipinski definition) is 3. The normalized spacial score (nSPS) is 10.1. The lowest BCUT2D eigenvalue weighted by Gasteiger charge is -2.03. The summed E-state index contributed by atoms with van der Waals surface area (Å²) in [5.41, 5.74) is 5.75. The Labute approximate surface area is 204 Å². The zero-order valence-corrected chi connectivity index (χ0v) is 20.9. The van der Waals surface area contributed by atoms with Crippen LogP contribution in [0.1, 0.15) is 57.2 Å². The number of nitrogens with zero attached hydrogens (tertiary/aromatic N) is 4. The molecule has 0 amide bonds. The second kappa shape index (κ2) is 14.4. The van der Waals surface area contributed by atoms with E-state index in [1.54, 1.807) is 0 Å². The SMILES string of the molecule is CC(C)Cc1ccccc1.CCc1ccc(-c2nn[nH]n2)cc1.[C-]#[N+]c1ccc(C(C)C)cc1. The number of tetrazole rings is 1. The summed E-state index contributed by atoms with van der Waals surface area (Å²) in [7, 11) is 0. The second-order valence-electron chi connectivity index (χ2n) is 8.73. The lowest BCUT2D eigenvalue weighted by Crippen LogP contribution is -1.92. The average molecular weight is 454 g/mol. The molecule has 0 aliphatic rings. The summed E-state index contributed by atoms with van der Waals surface area (Å²) >= 11 is 0. The van der Waals surface area contributed by atoms with Gasteiger partial charge in [-0.05, 0) is 46.6 Å². The van der Waals surface area contributed by atoms with E-state index in [0.29, 0.717) is 11.7 Å². The van der Waals surface area contributed by atoms with Crippen LogP contribution in [0.25, 0.3) is 16.2 Å². The first-order chi connectivity index (χ1) is 16.4. The van der Waals surface area contributed by atoms with Crippen LogP contribution in [0.5, 0.6) is 0 Å². The number of H-pyrrole nitrogens is 1. The van der Waals surface area contributed by atoms with Crippen LogP contribution in [0, 0.1) is 12.5 Å². The summed E-state index contributed by atoms with van der Waals surface area (Å²) in [6, 6.07) is 26.5. The first kappa shape index (κ1) is 26.5. The molecule has 176 valence electrons. The minimum Gasteiger partial charge on any atom is -0.238 e. The number of hydrogen-bond donors (Lipinski definition) is 1. The topological polar surface area (TPSA) is 58.8 Å². The van der Waals surface area contributed by atoms with E-state index < -0.39 is 0 Å². The highest BCUT2D eigenvalue weighted by atomic mass is 15.5. The first-order valence-corrected chi connectivity index (χ1v) is 11.8. The molecular formula is C29H35N5. The fourth-order valence-electron chi connectivity index (χ4n) is 3.19. The third-order valence-electron chi connectivity index (χ3n) is 5.14. The van der Waals surface area contributed by atoms with Gasteiger partial charge < -0.3 is 0 Å². The zero-order chi connectivity index (χ0) is 24.8. The van der Waals surface area contributed by atoms with Gasteiger partial charge in [0.25, 0.3) is 0 Å². The van der Waals surface area contributed by atoms with Gasteiger partial charge in [-0.25, -0.2) is 4.85 Å². The fourth-order valence-corrected chi connectivity index (χ4v) is 3.19. The third kappa shape index (κ3) is 9.38. The number of aromatic nitrogens is 4. The maximum Gasteiger partial charge on any atom is 0.204 e. The van der Waals surface area contributed by atoms with Crippen LogP contribution in [-0.4, -0.2) is 20.6 Å². The van der Waals surface area contributed by atoms with Crippen LogP contribution in [0.4, 0.5) is 5.69 Å². The molecular weight excluding hydrogens is 418 g/mol. The Hall–Kier alpha value is -3.78. The van der Waals surface area contributed by atoms with Crippen LogP contribution in [0.15, 0.2) is 78.9 Å². The molecule has 1 N–H and O–H groups in total. The zero-order valence-electron chi connectivity index (χ0n) is 20.9. The van der Waals surface area contributed by atoms with Crippen molar-refractivity contribution in [3.63, 3.8) is 0 Å². The molecule has 0 atom stereocenters. The minimum absolute atomic E-state index is 0.551. The van der Waals surface area contributed by atoms with Crippen LogP contribution in [-0.2, 0) is 12.8 Å². The molecule has 0 unspecified atom stereocenters. The highest BCUT2D eigenvalue weighted by molar-refractivity contribution is 5.54. The summed E-state index contributed by atoms with van der Waals surface area (Å²) in [5, 5.41) is 13.7. The van der Waals surface area contributed by atoms with Gasteiger partial charge in [-0.1, -0.05) is 113 Å². The molecule has 0 saturated carbocycles. The van der Waals surface area contributed by atoms with E-state index in [9.17, 15) is 0 Å². The van der Waals surface area contributed by atoms with Crippen LogP contribution in [0.2, 0.25) is 0 Å². The maximum absolute atomic E-state index is 6.75. The van der Waals surface area contributed by atoms with Crippen LogP contribution < -0.4 is 0 Å². The lowest BCUT2D eigenvalue weighted by atomic mass is 10.0. The number of aryl methyl sites for hydroxylation is 1. The number of benzene rings is 3. The molecule has 1 aromatic heterocycles. The van der Waals surface area contributed by atoms with E-state index in [-0.39, 0.29) is 0 Å². The molecule has 0 bridgehead atoms. The van der Waals surface area contributed by atoms with Crippen molar-refractivity contribution >= 4 is 5.69 Å². The summed E-state index contributed by atoms with van der Waals surface area (Å²) in [5.74, 6) is 1.96. The second-order valence-corrected chi connectivity index (χ2v) is 8.73. The van der Waals surface area contributed by atoms with Gasteiger partial charge in [0.05, 0.1) is 6.57 Å². The fraction of sp³-hybridized carbons (Fsp3) is 0.310. The monoisotopic (exact) mass is 453 g/mol. The number of aromatic amines is 1. The van der Waals surface area contributed by atoms with Crippen molar-refractivity contribution in [2.75, 3.05) is 0 Å². The molecule has 0 aliphatic carbocycles. The Morgan fingerprint density at radius 3 is 1.94 bits per heavy atom. The van der Waals surface area contributed by atoms with Crippen LogP contribution in [0.3, 0.4) is 0 Å². The molecule has 0 saturated heterocycles. The molecule has 0 spiro atoms. The number of rotatable bonds is 5. The third-order valence-corrected chi connectivity index (χ3v) is 5.14. The Bertz CT molecular complexity index is 1090. The Kier molecular flexibility index (Phi) is 11.2. The van der Waals surface area contributed by atoms with Crippen molar-refractivity contribution in [3.8, 4) is 11.4 Å². The molecule has 0 fully saturated rings. The van der Waals surface area contributed by atoms with Crippen molar-refractivity contribution in [1.29, 1.82) is 0 Å². The van der Waals surface area contributed by atoms with Gasteiger partial charge in [-0.3, -0.25) is 0 Å². The van der Waals surface area contributed by atoms with Gasteiger partial charge in [-0.2, -0.15) is 5.21 Å². The van der Waals surface area contributed by atoms with E-state index in [1.165, 1.54) is 23.1 Å². The van der Waals surface area contributed by atoms with Crippen molar-refractivity contribution in [1.82, 2.24) is 20.6 Å². The van der Waals surface area contributed by atoms with Gasteiger partial charge >= 0.3 is 0 Å². The summed E-state index contributed by atoms with van der Waals surface area (Å²) in [6.45, 7) is 17.7. The summed E-state index contributed by atoms with van der Waals surface area (Å²) < 4.78 is 0. The van der Waals surface area contributed by atoms with Gasteiger partial charge in [0, 0.05) is 5.56 Å². The Morgan fingerprint density at radius 2 is 1.47 bits per heavy atom. The molecule has 34 heavy (non-hydrogen) atoms. The van der Waals surface area contributed by atoms with Crippen LogP contribution >= 0.6 is 0 Å². The largest absolute Gasteiger partial charge is 0.238 e. The van der Waals surface area contributed by atoms with Crippen molar-refractivity contribution in [2.24, 2.45) is 5.92 Å². The standard InChI is InChI=1S/C10H11N.C10H14.C9H10N4/c1-8(2)9-4-6-10(11-3)7-5-9;1-9(2)8-10-6-4-3-5-7-10;1-2-7-3-5-8(6-4-7)9-10-12-13-11-9/h4-8H,1-2H3;3-7,9H,8H2,1-2H3;3-6H,2H2,1H3,(H,10,11,12,13). The van der Waals surface area contributed by atoms with E-state index >= 15 is 0 Å². The van der Waals surface area contributed by atoms with Gasteiger partial charge in [0.2, 0.25) is 5.82 Å². The summed E-state index contributed by atoms with van der Waals surface area (Å²) in [4.78, 5) is 3.32. The first-order valence-electron chi connectivity index (χ1n) is 11.8. The van der Waals surface area contributed by atoms with Crippen molar-refractivity contribution in [2.45, 2.75) is 53.4 Å². The van der Waals surface area contributed by atoms with Gasteiger partial charge in [-0.15, -0.1) is 10.2 Å². The van der Waals surface area contributed by atoms with Crippen molar-refractivity contribution in [3.05, 3.63) is 107 Å². The van der Waals surface area contributed by atoms with Crippen molar-refractivity contribution < 1.29 is 0 Å². The molecule has 1 heterocycles. The molecule has 4 aromatic rings. The summed E-state index contributed by atoms with van der Waals surface area (Å²) in [6.07, 6.45) is 2.24. The van der Waals surface area contributed by atoms with Gasteiger partial charge in [0.1, 0.15) is 0 Å². The highest BCUT2D eigenvalue weighted by Crippen LogP contribution is 2.18. The van der Waals surface area contributed by atoms with Gasteiger partial charge in [0.15, 0.2) is 5.69 Å².